The molecular formula is C19H24N4O2. The van der Waals surface area contributed by atoms with E-state index in [9.17, 15) is 0 Å². The largest absolute Gasteiger partial charge is 0.493 e. The first-order valence-corrected chi connectivity index (χ1v) is 8.62. The van der Waals surface area contributed by atoms with Gasteiger partial charge >= 0.3 is 0 Å². The summed E-state index contributed by atoms with van der Waals surface area (Å²) in [6, 6.07) is 11.9. The molecule has 1 aliphatic heterocycles. The predicted molar refractivity (Wildman–Crippen MR) is 97.8 cm³/mol. The molecule has 0 saturated heterocycles. The Bertz CT molecular complexity index is 733. The summed E-state index contributed by atoms with van der Waals surface area (Å²) in [5, 5.41) is 3.29. The van der Waals surface area contributed by atoms with Crippen molar-refractivity contribution in [1.29, 1.82) is 0 Å². The minimum atomic E-state index is 0.110. The van der Waals surface area contributed by atoms with Gasteiger partial charge in [-0.05, 0) is 18.6 Å². The Morgan fingerprint density at radius 3 is 3.12 bits per heavy atom. The van der Waals surface area contributed by atoms with Gasteiger partial charge in [0, 0.05) is 23.7 Å². The lowest BCUT2D eigenvalue weighted by molar-refractivity contribution is 0.262. The Kier molecular flexibility index (Phi) is 5.72. The van der Waals surface area contributed by atoms with Gasteiger partial charge in [0.2, 0.25) is 5.88 Å². The second-order valence-corrected chi connectivity index (χ2v) is 5.89. The highest BCUT2D eigenvalue weighted by atomic mass is 16.5. The molecule has 1 aliphatic rings. The number of guanidine groups is 1. The summed E-state index contributed by atoms with van der Waals surface area (Å²) in [5.74, 6) is 1.94. The van der Waals surface area contributed by atoms with Crippen molar-refractivity contribution >= 4 is 5.96 Å². The number of benzene rings is 1. The Hall–Kier alpha value is -2.76. The number of nitrogens with zero attached hydrogens (tertiary/aromatic N) is 2. The van der Waals surface area contributed by atoms with E-state index in [1.807, 2.05) is 30.3 Å². The smallest absolute Gasteiger partial charge is 0.218 e. The fourth-order valence-electron chi connectivity index (χ4n) is 2.76. The van der Waals surface area contributed by atoms with Crippen LogP contribution < -0.4 is 20.5 Å². The molecule has 0 radical (unpaired) electrons. The average molecular weight is 340 g/mol. The van der Waals surface area contributed by atoms with E-state index in [1.54, 1.807) is 6.20 Å². The van der Waals surface area contributed by atoms with Gasteiger partial charge in [0.15, 0.2) is 5.96 Å². The van der Waals surface area contributed by atoms with Gasteiger partial charge in [0.25, 0.3) is 0 Å². The molecular weight excluding hydrogens is 316 g/mol. The lowest BCUT2D eigenvalue weighted by Gasteiger charge is -2.26. The summed E-state index contributed by atoms with van der Waals surface area (Å²) in [4.78, 5) is 8.72. The molecule has 6 nitrogen and oxygen atoms in total. The minimum Gasteiger partial charge on any atom is -0.493 e. The quantitative estimate of drug-likeness (QED) is 0.624. The van der Waals surface area contributed by atoms with Crippen molar-refractivity contribution in [3.05, 3.63) is 53.7 Å². The fraction of sp³-hybridized carbons (Fsp3) is 0.368. The molecule has 1 atom stereocenters. The van der Waals surface area contributed by atoms with Crippen molar-refractivity contribution in [2.45, 2.75) is 32.4 Å². The predicted octanol–water partition coefficient (Wildman–Crippen LogP) is 2.80. The molecule has 3 rings (SSSR count). The second-order valence-electron chi connectivity index (χ2n) is 5.89. The van der Waals surface area contributed by atoms with Gasteiger partial charge in [-0.25, -0.2) is 9.98 Å². The molecule has 0 spiro atoms. The molecule has 0 fully saturated rings. The van der Waals surface area contributed by atoms with Crippen LogP contribution in [0.2, 0.25) is 0 Å². The van der Waals surface area contributed by atoms with Crippen LogP contribution in [-0.2, 0) is 6.54 Å². The zero-order valence-electron chi connectivity index (χ0n) is 14.4. The van der Waals surface area contributed by atoms with E-state index in [2.05, 4.69) is 28.3 Å². The number of para-hydroxylation sites is 1. The number of aliphatic imine (C=N–C) groups is 1. The number of ether oxygens (including phenoxy) is 2. The van der Waals surface area contributed by atoms with Crippen LogP contribution in [0.1, 0.15) is 36.9 Å². The van der Waals surface area contributed by atoms with Crippen LogP contribution in [0.15, 0.2) is 47.6 Å². The van der Waals surface area contributed by atoms with E-state index in [4.69, 9.17) is 15.2 Å². The molecule has 1 aromatic heterocycles. The fourth-order valence-corrected chi connectivity index (χ4v) is 2.76. The van der Waals surface area contributed by atoms with E-state index in [1.165, 1.54) is 0 Å². The van der Waals surface area contributed by atoms with Crippen LogP contribution in [0, 0.1) is 0 Å². The highest BCUT2D eigenvalue weighted by Crippen LogP contribution is 2.31. The Morgan fingerprint density at radius 2 is 2.24 bits per heavy atom. The highest BCUT2D eigenvalue weighted by Gasteiger charge is 2.21. The first-order valence-electron chi connectivity index (χ1n) is 8.62. The first-order chi connectivity index (χ1) is 12.3. The second kappa shape index (κ2) is 8.37. The molecule has 0 bridgehead atoms. The van der Waals surface area contributed by atoms with E-state index in [0.29, 0.717) is 31.6 Å². The summed E-state index contributed by atoms with van der Waals surface area (Å²) in [7, 11) is 0. The van der Waals surface area contributed by atoms with Crippen molar-refractivity contribution in [3.63, 3.8) is 0 Å². The zero-order chi connectivity index (χ0) is 17.5. The topological polar surface area (TPSA) is 81.8 Å². The maximum absolute atomic E-state index is 6.10. The zero-order valence-corrected chi connectivity index (χ0v) is 14.4. The van der Waals surface area contributed by atoms with E-state index in [0.717, 1.165) is 29.7 Å². The van der Waals surface area contributed by atoms with Crippen LogP contribution >= 0.6 is 0 Å². The molecule has 2 heterocycles. The van der Waals surface area contributed by atoms with Crippen LogP contribution in [0.5, 0.6) is 11.6 Å². The minimum absolute atomic E-state index is 0.110. The molecule has 132 valence electrons. The number of hydrogen-bond donors (Lipinski definition) is 2. The molecule has 0 saturated carbocycles. The maximum Gasteiger partial charge on any atom is 0.218 e. The van der Waals surface area contributed by atoms with Crippen molar-refractivity contribution in [3.8, 4) is 11.6 Å². The van der Waals surface area contributed by atoms with E-state index < -0.39 is 0 Å². The molecule has 0 amide bonds. The van der Waals surface area contributed by atoms with Gasteiger partial charge in [-0.1, -0.05) is 31.2 Å². The van der Waals surface area contributed by atoms with Crippen molar-refractivity contribution in [1.82, 2.24) is 10.3 Å². The maximum atomic E-state index is 6.10. The monoisotopic (exact) mass is 340 g/mol. The van der Waals surface area contributed by atoms with E-state index >= 15 is 0 Å². The number of nitrogens with two attached hydrogens (primary N) is 1. The summed E-state index contributed by atoms with van der Waals surface area (Å²) in [6.07, 6.45) is 3.51. The summed E-state index contributed by atoms with van der Waals surface area (Å²) >= 11 is 0. The van der Waals surface area contributed by atoms with Gasteiger partial charge in [0.1, 0.15) is 5.75 Å². The highest BCUT2D eigenvalue weighted by molar-refractivity contribution is 5.78. The normalized spacial score (nSPS) is 16.7. The lowest BCUT2D eigenvalue weighted by Crippen LogP contribution is -2.37. The van der Waals surface area contributed by atoms with Crippen LogP contribution in [-0.4, -0.2) is 24.2 Å². The van der Waals surface area contributed by atoms with Crippen LogP contribution in [0.4, 0.5) is 0 Å². The van der Waals surface area contributed by atoms with Crippen molar-refractivity contribution < 1.29 is 9.47 Å². The molecule has 25 heavy (non-hydrogen) atoms. The van der Waals surface area contributed by atoms with Crippen LogP contribution in [0.25, 0.3) is 0 Å². The Morgan fingerprint density at radius 1 is 1.36 bits per heavy atom. The summed E-state index contributed by atoms with van der Waals surface area (Å²) < 4.78 is 11.3. The van der Waals surface area contributed by atoms with Crippen LogP contribution in [0.3, 0.4) is 0 Å². The molecule has 6 heteroatoms. The average Bonchev–Trinajstić information content (AvgIpc) is 2.65. The van der Waals surface area contributed by atoms with Gasteiger partial charge in [-0.15, -0.1) is 0 Å². The SMILES string of the molecule is CCCOc1ncccc1CN=C(N)NC1CCOc2ccccc21. The first kappa shape index (κ1) is 17.1. The lowest BCUT2D eigenvalue weighted by atomic mass is 10.0. The summed E-state index contributed by atoms with van der Waals surface area (Å²) in [5.41, 5.74) is 8.13. The molecule has 3 N–H and O–H groups in total. The third kappa shape index (κ3) is 4.41. The number of pyridine rings is 1. The summed E-state index contributed by atoms with van der Waals surface area (Å²) in [6.45, 7) is 3.80. The molecule has 1 aromatic carbocycles. The van der Waals surface area contributed by atoms with Gasteiger partial charge in [-0.2, -0.15) is 0 Å². The third-order valence-corrected chi connectivity index (χ3v) is 3.99. The molecule has 2 aromatic rings. The van der Waals surface area contributed by atoms with Gasteiger partial charge in [-0.3, -0.25) is 0 Å². The van der Waals surface area contributed by atoms with Gasteiger partial charge in [0.05, 0.1) is 25.8 Å². The molecule has 1 unspecified atom stereocenters. The van der Waals surface area contributed by atoms with Crippen molar-refractivity contribution in [2.75, 3.05) is 13.2 Å². The van der Waals surface area contributed by atoms with Crippen molar-refractivity contribution in [2.24, 2.45) is 10.7 Å². The Labute approximate surface area is 148 Å². The number of nitrogens with one attached hydrogen (secondary N) is 1. The number of fused-ring (bicyclic) bond motifs is 1. The third-order valence-electron chi connectivity index (χ3n) is 3.99. The number of hydrogen-bond acceptors (Lipinski definition) is 4. The van der Waals surface area contributed by atoms with Gasteiger partial charge < -0.3 is 20.5 Å². The number of aromatic nitrogens is 1. The standard InChI is InChI=1S/C19H24N4O2/c1-2-11-25-18-14(6-5-10-21-18)13-22-19(20)23-16-9-12-24-17-8-4-3-7-15(16)17/h3-8,10,16H,2,9,11-13H2,1H3,(H3,20,22,23). The van der Waals surface area contributed by atoms with E-state index in [-0.39, 0.29) is 6.04 Å². The molecule has 0 aliphatic carbocycles. The number of rotatable bonds is 6. The Balaban J connectivity index is 1.66.